The number of unbranched alkanes of at least 4 members (excludes halogenated alkanes) is 8. The van der Waals surface area contributed by atoms with E-state index in [-0.39, 0.29) is 19.6 Å². The van der Waals surface area contributed by atoms with E-state index in [4.69, 9.17) is 15.2 Å². The van der Waals surface area contributed by atoms with Crippen LogP contribution in [0.4, 0.5) is 0 Å². The number of allylic oxidation sites excluding steroid dienone is 1. The quantitative estimate of drug-likeness (QED) is 0.0465. The monoisotopic (exact) mass is 670 g/mol. The maximum atomic E-state index is 13.5. The lowest BCUT2D eigenvalue weighted by Gasteiger charge is -2.31. The second kappa shape index (κ2) is 24.0. The molecule has 11 heteroatoms. The first kappa shape index (κ1) is 41.9. The highest BCUT2D eigenvalue weighted by Gasteiger charge is 2.46. The number of ketones is 1. The number of nitrogens with two attached hydrogens (primary N) is 1. The zero-order valence-corrected chi connectivity index (χ0v) is 28.8. The Morgan fingerprint density at radius 1 is 0.979 bits per heavy atom. The average molecular weight is 671 g/mol. The molecule has 5 N–H and O–H groups in total. The number of benzene rings is 1. The molecule has 0 fully saturated rings. The fraction of sp³-hybridized carbons (Fsp3) is 0.595. The zero-order chi connectivity index (χ0) is 35.8. The van der Waals surface area contributed by atoms with Crippen molar-refractivity contribution >= 4 is 29.5 Å². The van der Waals surface area contributed by atoms with Crippen LogP contribution in [0.5, 0.6) is 5.75 Å². The van der Waals surface area contributed by atoms with Crippen molar-refractivity contribution in [1.82, 2.24) is 5.32 Å². The number of esters is 1. The summed E-state index contributed by atoms with van der Waals surface area (Å²) in [5, 5.41) is 23.7. The number of aliphatic hydroxyl groups is 1. The number of hydrogen-bond donors (Lipinski definition) is 4. The maximum absolute atomic E-state index is 13.5. The summed E-state index contributed by atoms with van der Waals surface area (Å²) in [6.07, 6.45) is 13.0. The van der Waals surface area contributed by atoms with Crippen molar-refractivity contribution in [1.29, 1.82) is 0 Å². The molecule has 1 rings (SSSR count). The van der Waals surface area contributed by atoms with Crippen LogP contribution in [0.1, 0.15) is 110 Å². The minimum absolute atomic E-state index is 0.0869. The molecular formula is C37H54N2O9. The molecule has 0 aliphatic heterocycles. The second-order valence-corrected chi connectivity index (χ2v) is 11.9. The highest BCUT2D eigenvalue weighted by atomic mass is 16.5. The van der Waals surface area contributed by atoms with Gasteiger partial charge >= 0.3 is 11.9 Å². The molecule has 0 aromatic heterocycles. The number of carboxylic acid groups (broad SMARTS) is 1. The Bertz CT molecular complexity index is 1250. The molecule has 0 unspecified atom stereocenters. The van der Waals surface area contributed by atoms with Crippen LogP contribution in [0, 0.1) is 17.8 Å². The van der Waals surface area contributed by atoms with Gasteiger partial charge in [-0.05, 0) is 50.3 Å². The largest absolute Gasteiger partial charge is 0.481 e. The summed E-state index contributed by atoms with van der Waals surface area (Å²) in [6.45, 7) is 4.84. The number of hydrogen-bond acceptors (Lipinski definition) is 8. The topological polar surface area (TPSA) is 182 Å². The zero-order valence-electron chi connectivity index (χ0n) is 28.8. The lowest BCUT2D eigenvalue weighted by atomic mass is 9.82. The molecular weight excluding hydrogens is 616 g/mol. The van der Waals surface area contributed by atoms with Gasteiger partial charge in [-0.15, -0.1) is 5.92 Å². The molecule has 48 heavy (non-hydrogen) atoms. The summed E-state index contributed by atoms with van der Waals surface area (Å²) in [4.78, 5) is 61.6. The smallest absolute Gasteiger partial charge is 0.326 e. The van der Waals surface area contributed by atoms with E-state index in [2.05, 4.69) is 24.1 Å². The molecule has 0 radical (unpaired) electrons. The van der Waals surface area contributed by atoms with Crippen LogP contribution < -0.4 is 15.8 Å². The Morgan fingerprint density at radius 3 is 2.17 bits per heavy atom. The highest BCUT2D eigenvalue weighted by Crippen LogP contribution is 2.25. The third-order valence-corrected chi connectivity index (χ3v) is 7.94. The molecule has 0 saturated carbocycles. The third kappa shape index (κ3) is 17.1. The number of carbonyl (C=O) groups is 5. The molecule has 0 saturated heterocycles. The number of Topliss-reactive ketones (excluding diaryl/α,β-unsaturated/α-hetero) is 1. The Hall–Kier alpha value is -4.17. The summed E-state index contributed by atoms with van der Waals surface area (Å²) in [6, 6.07) is 5.26. The number of amides is 2. The van der Waals surface area contributed by atoms with Crippen LogP contribution in [-0.2, 0) is 35.1 Å². The lowest BCUT2D eigenvalue weighted by molar-refractivity contribution is -0.155. The molecule has 3 atom stereocenters. The predicted molar refractivity (Wildman–Crippen MR) is 183 cm³/mol. The van der Waals surface area contributed by atoms with Crippen LogP contribution in [0.3, 0.4) is 0 Å². The van der Waals surface area contributed by atoms with Crippen molar-refractivity contribution in [3.05, 3.63) is 42.0 Å². The summed E-state index contributed by atoms with van der Waals surface area (Å²) < 4.78 is 10.4. The maximum Gasteiger partial charge on any atom is 0.326 e. The third-order valence-electron chi connectivity index (χ3n) is 7.94. The van der Waals surface area contributed by atoms with Gasteiger partial charge in [-0.3, -0.25) is 19.2 Å². The van der Waals surface area contributed by atoms with Crippen molar-refractivity contribution in [3.8, 4) is 17.6 Å². The summed E-state index contributed by atoms with van der Waals surface area (Å²) in [5.41, 5.74) is 3.69. The number of carbonyl (C=O) groups excluding carboxylic acids is 4. The van der Waals surface area contributed by atoms with Gasteiger partial charge in [0, 0.05) is 32.6 Å². The Morgan fingerprint density at radius 2 is 1.60 bits per heavy atom. The van der Waals surface area contributed by atoms with Crippen molar-refractivity contribution in [3.63, 3.8) is 0 Å². The number of carboxylic acids is 1. The van der Waals surface area contributed by atoms with Gasteiger partial charge in [-0.1, -0.05) is 75.7 Å². The van der Waals surface area contributed by atoms with Crippen molar-refractivity contribution in [2.24, 2.45) is 11.7 Å². The minimum Gasteiger partial charge on any atom is -0.481 e. The van der Waals surface area contributed by atoms with Crippen molar-refractivity contribution in [2.45, 2.75) is 122 Å². The van der Waals surface area contributed by atoms with Crippen LogP contribution in [0.2, 0.25) is 0 Å². The van der Waals surface area contributed by atoms with E-state index < -0.39 is 47.7 Å². The summed E-state index contributed by atoms with van der Waals surface area (Å²) in [7, 11) is 0. The summed E-state index contributed by atoms with van der Waals surface area (Å²) in [5.74, 6) is 0.681. The molecule has 1 aromatic rings. The minimum atomic E-state index is -2.46. The Labute approximate surface area is 285 Å². The van der Waals surface area contributed by atoms with Crippen LogP contribution in [-0.4, -0.2) is 64.6 Å². The molecule has 0 aliphatic carbocycles. The molecule has 0 aliphatic rings. The predicted octanol–water partition coefficient (Wildman–Crippen LogP) is 4.81. The van der Waals surface area contributed by atoms with E-state index in [1.54, 1.807) is 37.3 Å². The first-order chi connectivity index (χ1) is 22.9. The Balaban J connectivity index is 2.89. The number of rotatable bonds is 26. The Kier molecular flexibility index (Phi) is 21.0. The standard InChI is InChI=1S/C37H54N2O9/c1-4-6-8-11-14-17-30(41)18-15-12-9-10-13-16-19-32(37(46,36(38)45)24-26-47-28(3)40)34(42)39-33(35(43)44)27-29-20-22-31(23-21-29)48-25-7-5-2/h16,19-23,32-33,46H,4,6,8-15,17-18,24-27H2,1-3H3,(H2,38,45)(H,39,42)(H,43,44)/t32-,33+,37+/m1/s1. The molecule has 0 heterocycles. The fourth-order valence-corrected chi connectivity index (χ4v) is 5.08. The van der Waals surface area contributed by atoms with Crippen molar-refractivity contribution < 1.29 is 43.7 Å². The van der Waals surface area contributed by atoms with Gasteiger partial charge in [-0.2, -0.15) is 0 Å². The van der Waals surface area contributed by atoms with E-state index >= 15 is 0 Å². The summed E-state index contributed by atoms with van der Waals surface area (Å²) >= 11 is 0. The molecule has 1 aromatic carbocycles. The van der Waals surface area contributed by atoms with E-state index in [1.807, 2.05) is 0 Å². The number of primary amides is 1. The van der Waals surface area contributed by atoms with Gasteiger partial charge in [0.25, 0.3) is 5.91 Å². The molecule has 11 nitrogen and oxygen atoms in total. The first-order valence-corrected chi connectivity index (χ1v) is 16.9. The van der Waals surface area contributed by atoms with Gasteiger partial charge in [0.1, 0.15) is 24.2 Å². The van der Waals surface area contributed by atoms with E-state index in [9.17, 15) is 34.2 Å². The van der Waals surface area contributed by atoms with Gasteiger partial charge in [0.15, 0.2) is 5.60 Å². The van der Waals surface area contributed by atoms with Gasteiger partial charge in [0.05, 0.1) is 12.5 Å². The number of ether oxygens (including phenoxy) is 2. The number of nitrogens with one attached hydrogen (secondary N) is 1. The second-order valence-electron chi connectivity index (χ2n) is 11.9. The SMILES string of the molecule is CC#CCOc1ccc(C[C@H](NC(=O)[C@@H](C=CCCCCCCC(=O)CCCCCCC)[C@@](O)(CCOC(C)=O)C(N)=O)C(=O)O)cc1. The van der Waals surface area contributed by atoms with Crippen LogP contribution in [0.15, 0.2) is 36.4 Å². The van der Waals surface area contributed by atoms with Gasteiger partial charge < -0.3 is 30.7 Å². The molecule has 0 bridgehead atoms. The van der Waals surface area contributed by atoms with Crippen LogP contribution >= 0.6 is 0 Å². The van der Waals surface area contributed by atoms with Crippen LogP contribution in [0.25, 0.3) is 0 Å². The van der Waals surface area contributed by atoms with E-state index in [1.165, 1.54) is 25.3 Å². The van der Waals surface area contributed by atoms with Crippen molar-refractivity contribution in [2.75, 3.05) is 13.2 Å². The lowest BCUT2D eigenvalue weighted by Crippen LogP contribution is -2.57. The van der Waals surface area contributed by atoms with Gasteiger partial charge in [0.2, 0.25) is 5.91 Å². The normalized spacial score (nSPS) is 13.4. The molecule has 266 valence electrons. The fourth-order valence-electron chi connectivity index (χ4n) is 5.08. The first-order valence-electron chi connectivity index (χ1n) is 16.9. The highest BCUT2D eigenvalue weighted by molar-refractivity contribution is 5.94. The molecule has 0 spiro atoms. The van der Waals surface area contributed by atoms with E-state index in [0.29, 0.717) is 36.4 Å². The molecule has 2 amide bonds. The van der Waals surface area contributed by atoms with Gasteiger partial charge in [-0.25, -0.2) is 4.79 Å². The number of aliphatic carboxylic acids is 1. The van der Waals surface area contributed by atoms with E-state index in [0.717, 1.165) is 45.4 Å². The average Bonchev–Trinajstić information content (AvgIpc) is 3.04.